The molecule has 0 aromatic rings. The average molecular weight is 356 g/mol. The SMILES string of the molecule is C#COC(COC)COC1OC(CS(=O)(=O)O)C(O)C(O)C1O. The van der Waals surface area contributed by atoms with Gasteiger partial charge in [-0.1, -0.05) is 6.42 Å². The molecule has 134 valence electrons. The lowest BCUT2D eigenvalue weighted by Gasteiger charge is -2.40. The van der Waals surface area contributed by atoms with E-state index in [0.717, 1.165) is 0 Å². The zero-order valence-corrected chi connectivity index (χ0v) is 13.1. The lowest BCUT2D eigenvalue weighted by Crippen LogP contribution is -2.60. The minimum absolute atomic E-state index is 0.0760. The molecule has 23 heavy (non-hydrogen) atoms. The molecular formula is C12H20O10S. The fraction of sp³-hybridized carbons (Fsp3) is 0.833. The molecule has 1 saturated heterocycles. The van der Waals surface area contributed by atoms with Crippen LogP contribution in [-0.2, 0) is 29.1 Å². The number of ether oxygens (including phenoxy) is 4. The van der Waals surface area contributed by atoms with Crippen LogP contribution in [0.1, 0.15) is 0 Å². The van der Waals surface area contributed by atoms with Crippen molar-refractivity contribution in [1.82, 2.24) is 0 Å². The van der Waals surface area contributed by atoms with Gasteiger partial charge in [0.05, 0.1) is 13.2 Å². The molecule has 0 spiro atoms. The second-order valence-electron chi connectivity index (χ2n) is 4.91. The van der Waals surface area contributed by atoms with Crippen molar-refractivity contribution in [2.75, 3.05) is 26.1 Å². The molecule has 4 N–H and O–H groups in total. The van der Waals surface area contributed by atoms with Crippen molar-refractivity contribution >= 4 is 10.1 Å². The van der Waals surface area contributed by atoms with E-state index in [0.29, 0.717) is 0 Å². The van der Waals surface area contributed by atoms with Crippen LogP contribution in [0.4, 0.5) is 0 Å². The molecule has 11 heteroatoms. The van der Waals surface area contributed by atoms with Crippen molar-refractivity contribution in [2.45, 2.75) is 36.8 Å². The highest BCUT2D eigenvalue weighted by Gasteiger charge is 2.45. The number of terminal acetylenes is 1. The molecule has 1 aliphatic heterocycles. The molecule has 6 unspecified atom stereocenters. The summed E-state index contributed by atoms with van der Waals surface area (Å²) in [7, 11) is -3.07. The third-order valence-corrected chi connectivity index (χ3v) is 3.83. The standard InChI is InChI=1S/C12H20O10S/c1-3-20-7(4-19-2)5-21-12-11(15)10(14)9(13)8(22-12)6-23(16,17)18/h1,7-15H,4-6H2,2H3,(H,16,17,18). The molecule has 6 atom stereocenters. The summed E-state index contributed by atoms with van der Waals surface area (Å²) < 4.78 is 50.6. The molecule has 1 aliphatic rings. The molecule has 0 bridgehead atoms. The van der Waals surface area contributed by atoms with Gasteiger partial charge in [0.25, 0.3) is 10.1 Å². The fourth-order valence-electron chi connectivity index (χ4n) is 2.00. The first-order valence-electron chi connectivity index (χ1n) is 6.56. The van der Waals surface area contributed by atoms with Gasteiger partial charge < -0.3 is 34.3 Å². The van der Waals surface area contributed by atoms with E-state index < -0.39 is 52.7 Å². The van der Waals surface area contributed by atoms with Crippen molar-refractivity contribution in [1.29, 1.82) is 0 Å². The van der Waals surface area contributed by atoms with Gasteiger partial charge in [-0.05, 0) is 0 Å². The van der Waals surface area contributed by atoms with Gasteiger partial charge in [0.2, 0.25) is 0 Å². The Balaban J connectivity index is 2.71. The molecule has 0 saturated carbocycles. The Kier molecular flexibility index (Phi) is 7.65. The van der Waals surface area contributed by atoms with Gasteiger partial charge in [-0.25, -0.2) is 0 Å². The zero-order chi connectivity index (χ0) is 17.6. The van der Waals surface area contributed by atoms with E-state index in [4.69, 9.17) is 29.9 Å². The summed E-state index contributed by atoms with van der Waals surface area (Å²) in [4.78, 5) is 0. The quantitative estimate of drug-likeness (QED) is 0.267. The van der Waals surface area contributed by atoms with E-state index in [1.807, 2.05) is 6.11 Å². The summed E-state index contributed by atoms with van der Waals surface area (Å²) in [5, 5.41) is 29.2. The highest BCUT2D eigenvalue weighted by atomic mass is 32.2. The smallest absolute Gasteiger partial charge is 0.267 e. The van der Waals surface area contributed by atoms with Crippen molar-refractivity contribution < 1.29 is 47.2 Å². The Morgan fingerprint density at radius 3 is 2.39 bits per heavy atom. The first-order valence-corrected chi connectivity index (χ1v) is 8.17. The van der Waals surface area contributed by atoms with Crippen LogP contribution in [0, 0.1) is 12.5 Å². The van der Waals surface area contributed by atoms with Crippen molar-refractivity contribution in [3.8, 4) is 12.5 Å². The van der Waals surface area contributed by atoms with Gasteiger partial charge in [0.15, 0.2) is 12.4 Å². The van der Waals surface area contributed by atoms with Crippen LogP contribution in [-0.4, -0.2) is 91.2 Å². The second-order valence-corrected chi connectivity index (χ2v) is 6.41. The van der Waals surface area contributed by atoms with Crippen molar-refractivity contribution in [3.63, 3.8) is 0 Å². The summed E-state index contributed by atoms with van der Waals surface area (Å²) >= 11 is 0. The lowest BCUT2D eigenvalue weighted by atomic mass is 10.00. The van der Waals surface area contributed by atoms with Crippen LogP contribution in [0.3, 0.4) is 0 Å². The second kappa shape index (κ2) is 8.76. The molecule has 0 aliphatic carbocycles. The zero-order valence-electron chi connectivity index (χ0n) is 12.3. The highest BCUT2D eigenvalue weighted by Crippen LogP contribution is 2.23. The van der Waals surface area contributed by atoms with E-state index in [9.17, 15) is 23.7 Å². The Morgan fingerprint density at radius 1 is 1.22 bits per heavy atom. The van der Waals surface area contributed by atoms with Crippen molar-refractivity contribution in [2.24, 2.45) is 0 Å². The molecule has 1 heterocycles. The minimum Gasteiger partial charge on any atom is -0.439 e. The molecule has 0 radical (unpaired) electrons. The number of aliphatic hydroxyl groups is 3. The van der Waals surface area contributed by atoms with Gasteiger partial charge in [-0.15, -0.1) is 0 Å². The monoisotopic (exact) mass is 356 g/mol. The van der Waals surface area contributed by atoms with E-state index in [1.54, 1.807) is 0 Å². The predicted molar refractivity (Wildman–Crippen MR) is 74.6 cm³/mol. The maximum absolute atomic E-state index is 10.9. The summed E-state index contributed by atoms with van der Waals surface area (Å²) in [5.74, 6) is -0.972. The number of hydrogen-bond donors (Lipinski definition) is 4. The van der Waals surface area contributed by atoms with E-state index in [1.165, 1.54) is 7.11 Å². The Bertz CT molecular complexity index is 500. The van der Waals surface area contributed by atoms with Crippen LogP contribution in [0.15, 0.2) is 0 Å². The third-order valence-electron chi connectivity index (χ3n) is 3.08. The van der Waals surface area contributed by atoms with Crippen LogP contribution in [0.25, 0.3) is 0 Å². The maximum Gasteiger partial charge on any atom is 0.267 e. The van der Waals surface area contributed by atoms with Crippen LogP contribution in [0.5, 0.6) is 0 Å². The fourth-order valence-corrected chi connectivity index (χ4v) is 2.69. The van der Waals surface area contributed by atoms with E-state index >= 15 is 0 Å². The van der Waals surface area contributed by atoms with Crippen LogP contribution >= 0.6 is 0 Å². The van der Waals surface area contributed by atoms with E-state index in [-0.39, 0.29) is 13.2 Å². The Morgan fingerprint density at radius 2 is 1.87 bits per heavy atom. The summed E-state index contributed by atoms with van der Waals surface area (Å²) in [6.07, 6.45) is -1.78. The summed E-state index contributed by atoms with van der Waals surface area (Å²) in [6.45, 7) is -0.117. The average Bonchev–Trinajstić information content (AvgIpc) is 2.45. The Hall–Kier alpha value is -0.970. The van der Waals surface area contributed by atoms with Crippen molar-refractivity contribution in [3.05, 3.63) is 0 Å². The predicted octanol–water partition coefficient (Wildman–Crippen LogP) is -2.68. The lowest BCUT2D eigenvalue weighted by molar-refractivity contribution is -0.296. The third kappa shape index (κ3) is 6.21. The van der Waals surface area contributed by atoms with Crippen LogP contribution < -0.4 is 0 Å². The van der Waals surface area contributed by atoms with Gasteiger partial charge in [-0.3, -0.25) is 4.55 Å². The normalized spacial score (nSPS) is 33.0. The minimum atomic E-state index is -4.47. The van der Waals surface area contributed by atoms with E-state index in [2.05, 4.69) is 0 Å². The van der Waals surface area contributed by atoms with Gasteiger partial charge in [0, 0.05) is 7.11 Å². The first-order chi connectivity index (χ1) is 10.7. The number of rotatable bonds is 8. The number of hydrogen-bond acceptors (Lipinski definition) is 9. The van der Waals surface area contributed by atoms with Crippen LogP contribution in [0.2, 0.25) is 0 Å². The molecule has 0 amide bonds. The van der Waals surface area contributed by atoms with Gasteiger partial charge in [-0.2, -0.15) is 8.42 Å². The molecule has 0 aromatic heterocycles. The van der Waals surface area contributed by atoms with Gasteiger partial charge >= 0.3 is 0 Å². The molecule has 1 rings (SSSR count). The summed E-state index contributed by atoms with van der Waals surface area (Å²) in [5.41, 5.74) is 0. The Labute approximate surface area is 133 Å². The highest BCUT2D eigenvalue weighted by molar-refractivity contribution is 7.85. The maximum atomic E-state index is 10.9. The topological polar surface area (TPSA) is 152 Å². The molecular weight excluding hydrogens is 336 g/mol. The summed E-state index contributed by atoms with van der Waals surface area (Å²) in [6, 6.07) is 0. The molecule has 1 fully saturated rings. The number of aliphatic hydroxyl groups excluding tert-OH is 3. The van der Waals surface area contributed by atoms with Gasteiger partial charge in [0.1, 0.15) is 36.3 Å². The first kappa shape index (κ1) is 20.1. The molecule has 10 nitrogen and oxygen atoms in total. The number of methoxy groups -OCH3 is 1. The molecule has 0 aromatic carbocycles. The largest absolute Gasteiger partial charge is 0.439 e.